The molecule has 1 atom stereocenters. The zero-order valence-corrected chi connectivity index (χ0v) is 12.0. The van der Waals surface area contributed by atoms with Gasteiger partial charge in [0.25, 0.3) is 0 Å². The average molecular weight is 257 g/mol. The van der Waals surface area contributed by atoms with Crippen LogP contribution in [0.2, 0.25) is 0 Å². The standard InChI is InChI=1S/C14H27NOS/c1-2-3-4-5-6-7-8-9-14(16)13-12-17-11-10-15-13/h13,15H,2-12H2,1H3. The highest BCUT2D eigenvalue weighted by Gasteiger charge is 2.19. The summed E-state index contributed by atoms with van der Waals surface area (Å²) in [5.74, 6) is 2.57. The Kier molecular flexibility index (Phi) is 8.81. The van der Waals surface area contributed by atoms with Crippen molar-refractivity contribution >= 4 is 17.5 Å². The number of unbranched alkanes of at least 4 members (excludes halogenated alkanes) is 6. The third kappa shape index (κ3) is 7.10. The lowest BCUT2D eigenvalue weighted by Gasteiger charge is -2.21. The Bertz CT molecular complexity index is 202. The summed E-state index contributed by atoms with van der Waals surface area (Å²) in [7, 11) is 0. The molecule has 0 amide bonds. The summed E-state index contributed by atoms with van der Waals surface area (Å²) in [5.41, 5.74) is 0. The normalized spacial score (nSPS) is 20.4. The van der Waals surface area contributed by atoms with Crippen molar-refractivity contribution in [2.24, 2.45) is 0 Å². The summed E-state index contributed by atoms with van der Waals surface area (Å²) in [6, 6.07) is 0.147. The highest BCUT2D eigenvalue weighted by atomic mass is 32.2. The molecule has 17 heavy (non-hydrogen) atoms. The van der Waals surface area contributed by atoms with Gasteiger partial charge in [0.05, 0.1) is 6.04 Å². The molecular formula is C14H27NOS. The van der Waals surface area contributed by atoms with Gasteiger partial charge < -0.3 is 5.32 Å². The number of thioether (sulfide) groups is 1. The van der Waals surface area contributed by atoms with Gasteiger partial charge in [0, 0.05) is 24.5 Å². The van der Waals surface area contributed by atoms with E-state index in [1.165, 1.54) is 38.5 Å². The minimum Gasteiger partial charge on any atom is -0.306 e. The van der Waals surface area contributed by atoms with E-state index in [0.29, 0.717) is 5.78 Å². The Morgan fingerprint density at radius 3 is 2.53 bits per heavy atom. The lowest BCUT2D eigenvalue weighted by molar-refractivity contribution is -0.120. The molecule has 0 aromatic heterocycles. The van der Waals surface area contributed by atoms with Crippen LogP contribution in [-0.4, -0.2) is 29.9 Å². The molecule has 0 aromatic carbocycles. The van der Waals surface area contributed by atoms with Crippen LogP contribution < -0.4 is 5.32 Å². The topological polar surface area (TPSA) is 29.1 Å². The van der Waals surface area contributed by atoms with E-state index in [1.807, 2.05) is 11.8 Å². The third-order valence-corrected chi connectivity index (χ3v) is 4.40. The first-order valence-electron chi connectivity index (χ1n) is 7.18. The molecule has 0 radical (unpaired) electrons. The number of ketones is 1. The molecule has 1 saturated heterocycles. The Hall–Kier alpha value is -0.0200. The quantitative estimate of drug-likeness (QED) is 0.642. The Morgan fingerprint density at radius 2 is 1.88 bits per heavy atom. The molecule has 100 valence electrons. The molecule has 0 aliphatic carbocycles. The second-order valence-electron chi connectivity index (χ2n) is 4.92. The summed E-state index contributed by atoms with van der Waals surface area (Å²) in [6.07, 6.45) is 9.80. The van der Waals surface area contributed by atoms with Crippen molar-refractivity contribution in [3.63, 3.8) is 0 Å². The zero-order valence-electron chi connectivity index (χ0n) is 11.2. The Labute approximate surface area is 110 Å². The molecule has 2 nitrogen and oxygen atoms in total. The number of Topliss-reactive ketones (excluding diaryl/α,β-unsaturated/α-hetero) is 1. The van der Waals surface area contributed by atoms with Crippen molar-refractivity contribution in [3.8, 4) is 0 Å². The summed E-state index contributed by atoms with van der Waals surface area (Å²) in [6.45, 7) is 3.24. The summed E-state index contributed by atoms with van der Waals surface area (Å²) in [4.78, 5) is 11.9. The highest BCUT2D eigenvalue weighted by Crippen LogP contribution is 2.13. The van der Waals surface area contributed by atoms with Gasteiger partial charge in [0.15, 0.2) is 5.78 Å². The van der Waals surface area contributed by atoms with E-state index in [2.05, 4.69) is 12.2 Å². The van der Waals surface area contributed by atoms with E-state index < -0.39 is 0 Å². The molecule has 0 bridgehead atoms. The molecule has 1 fully saturated rings. The average Bonchev–Trinajstić information content (AvgIpc) is 2.38. The predicted molar refractivity (Wildman–Crippen MR) is 76.7 cm³/mol. The van der Waals surface area contributed by atoms with Gasteiger partial charge in [-0.3, -0.25) is 4.79 Å². The maximum absolute atomic E-state index is 11.9. The van der Waals surface area contributed by atoms with Gasteiger partial charge in [-0.05, 0) is 6.42 Å². The van der Waals surface area contributed by atoms with Crippen molar-refractivity contribution in [3.05, 3.63) is 0 Å². The van der Waals surface area contributed by atoms with Gasteiger partial charge in [-0.25, -0.2) is 0 Å². The SMILES string of the molecule is CCCCCCCCCC(=O)C1CSCCN1. The lowest BCUT2D eigenvalue weighted by Crippen LogP contribution is -2.43. The maximum Gasteiger partial charge on any atom is 0.150 e. The van der Waals surface area contributed by atoms with Gasteiger partial charge in [-0.2, -0.15) is 11.8 Å². The van der Waals surface area contributed by atoms with Gasteiger partial charge in [-0.1, -0.05) is 45.4 Å². The van der Waals surface area contributed by atoms with Crippen molar-refractivity contribution in [1.82, 2.24) is 5.32 Å². The molecule has 1 heterocycles. The number of carbonyl (C=O) groups is 1. The molecule has 1 aliphatic rings. The third-order valence-electron chi connectivity index (χ3n) is 3.34. The second-order valence-corrected chi connectivity index (χ2v) is 6.07. The van der Waals surface area contributed by atoms with E-state index in [0.717, 1.165) is 30.9 Å². The van der Waals surface area contributed by atoms with Crippen LogP contribution in [-0.2, 0) is 4.79 Å². The monoisotopic (exact) mass is 257 g/mol. The summed E-state index contributed by atoms with van der Waals surface area (Å²) >= 11 is 1.90. The minimum atomic E-state index is 0.147. The fraction of sp³-hybridized carbons (Fsp3) is 0.929. The van der Waals surface area contributed by atoms with E-state index in [1.54, 1.807) is 0 Å². The second kappa shape index (κ2) is 9.95. The lowest BCUT2D eigenvalue weighted by atomic mass is 10.0. The number of hydrogen-bond acceptors (Lipinski definition) is 3. The molecule has 1 N–H and O–H groups in total. The molecule has 0 aromatic rings. The zero-order chi connectivity index (χ0) is 12.3. The molecule has 1 rings (SSSR count). The van der Waals surface area contributed by atoms with Crippen LogP contribution in [0, 0.1) is 0 Å². The fourth-order valence-corrected chi connectivity index (χ4v) is 3.17. The highest BCUT2D eigenvalue weighted by molar-refractivity contribution is 7.99. The van der Waals surface area contributed by atoms with Crippen LogP contribution in [0.4, 0.5) is 0 Å². The number of hydrogen-bond donors (Lipinski definition) is 1. The smallest absolute Gasteiger partial charge is 0.150 e. The maximum atomic E-state index is 11.9. The Balaban J connectivity index is 1.92. The summed E-state index contributed by atoms with van der Waals surface area (Å²) < 4.78 is 0. The molecule has 1 unspecified atom stereocenters. The number of nitrogens with one attached hydrogen (secondary N) is 1. The van der Waals surface area contributed by atoms with E-state index in [4.69, 9.17) is 0 Å². The molecule has 1 aliphatic heterocycles. The minimum absolute atomic E-state index is 0.147. The molecule has 0 saturated carbocycles. The van der Waals surface area contributed by atoms with E-state index in [-0.39, 0.29) is 6.04 Å². The van der Waals surface area contributed by atoms with Crippen LogP contribution >= 0.6 is 11.8 Å². The van der Waals surface area contributed by atoms with Gasteiger partial charge in [0.2, 0.25) is 0 Å². The first-order chi connectivity index (χ1) is 8.34. The van der Waals surface area contributed by atoms with Gasteiger partial charge in [-0.15, -0.1) is 0 Å². The van der Waals surface area contributed by atoms with Crippen molar-refractivity contribution in [2.45, 2.75) is 64.3 Å². The van der Waals surface area contributed by atoms with E-state index in [9.17, 15) is 4.79 Å². The first-order valence-corrected chi connectivity index (χ1v) is 8.34. The van der Waals surface area contributed by atoms with Crippen molar-refractivity contribution in [2.75, 3.05) is 18.1 Å². The number of rotatable bonds is 9. The van der Waals surface area contributed by atoms with Crippen LogP contribution in [0.15, 0.2) is 0 Å². The largest absolute Gasteiger partial charge is 0.306 e. The van der Waals surface area contributed by atoms with Gasteiger partial charge in [0.1, 0.15) is 0 Å². The van der Waals surface area contributed by atoms with Crippen LogP contribution in [0.1, 0.15) is 58.3 Å². The van der Waals surface area contributed by atoms with Crippen LogP contribution in [0.5, 0.6) is 0 Å². The van der Waals surface area contributed by atoms with Crippen molar-refractivity contribution < 1.29 is 4.79 Å². The van der Waals surface area contributed by atoms with Gasteiger partial charge >= 0.3 is 0 Å². The van der Waals surface area contributed by atoms with Crippen LogP contribution in [0.25, 0.3) is 0 Å². The Morgan fingerprint density at radius 1 is 1.18 bits per heavy atom. The molecular weight excluding hydrogens is 230 g/mol. The molecule has 3 heteroatoms. The first kappa shape index (κ1) is 15.0. The summed E-state index contributed by atoms with van der Waals surface area (Å²) in [5, 5.41) is 3.32. The molecule has 0 spiro atoms. The number of carbonyl (C=O) groups excluding carboxylic acids is 1. The predicted octanol–water partition coefficient (Wildman–Crippen LogP) is 3.40. The van der Waals surface area contributed by atoms with Crippen LogP contribution in [0.3, 0.4) is 0 Å². The van der Waals surface area contributed by atoms with Crippen molar-refractivity contribution in [1.29, 1.82) is 0 Å². The van der Waals surface area contributed by atoms with E-state index >= 15 is 0 Å². The fourth-order valence-electron chi connectivity index (χ4n) is 2.20.